The summed E-state index contributed by atoms with van der Waals surface area (Å²) in [5, 5.41) is 0. The molecule has 0 bridgehead atoms. The van der Waals surface area contributed by atoms with Gasteiger partial charge in [0.15, 0.2) is 0 Å². The summed E-state index contributed by atoms with van der Waals surface area (Å²) in [6.07, 6.45) is 0.233. The minimum absolute atomic E-state index is 0.233. The van der Waals surface area contributed by atoms with Crippen LogP contribution in [0.2, 0.25) is 0 Å². The summed E-state index contributed by atoms with van der Waals surface area (Å²) in [5.41, 5.74) is 2.24. The highest BCUT2D eigenvalue weighted by Gasteiger charge is 2.03. The summed E-state index contributed by atoms with van der Waals surface area (Å²) in [5.74, 6) is -0.952. The van der Waals surface area contributed by atoms with Crippen molar-refractivity contribution in [3.05, 3.63) is 12.2 Å². The van der Waals surface area contributed by atoms with Crippen LogP contribution in [0.4, 0.5) is 0 Å². The molecule has 0 atom stereocenters. The van der Waals surface area contributed by atoms with E-state index in [0.717, 1.165) is 0 Å². The first kappa shape index (κ1) is 9.68. The van der Waals surface area contributed by atoms with Gasteiger partial charge < -0.3 is 4.84 Å². The second-order valence-corrected chi connectivity index (χ2v) is 2.04. The largest absolute Gasteiger partial charge is 0.341 e. The van der Waals surface area contributed by atoms with Crippen LogP contribution >= 0.6 is 0 Å². The third kappa shape index (κ3) is 4.13. The van der Waals surface area contributed by atoms with E-state index < -0.39 is 11.9 Å². The highest BCUT2D eigenvalue weighted by Crippen LogP contribution is 1.86. The molecule has 0 heterocycles. The lowest BCUT2D eigenvalue weighted by atomic mass is 10.3. The van der Waals surface area contributed by atoms with Crippen molar-refractivity contribution in [1.29, 1.82) is 0 Å². The van der Waals surface area contributed by atoms with Crippen LogP contribution in [0.3, 0.4) is 0 Å². The van der Waals surface area contributed by atoms with Crippen LogP contribution in [0.1, 0.15) is 20.3 Å². The first-order valence-electron chi connectivity index (χ1n) is 3.23. The minimum atomic E-state index is -0.480. The van der Waals surface area contributed by atoms with Crippen molar-refractivity contribution in [2.75, 3.05) is 0 Å². The van der Waals surface area contributed by atoms with Gasteiger partial charge in [0.2, 0.25) is 0 Å². The summed E-state index contributed by atoms with van der Waals surface area (Å²) in [4.78, 5) is 25.5. The quantitative estimate of drug-likeness (QED) is 0.470. The molecule has 0 saturated heterocycles. The zero-order chi connectivity index (χ0) is 8.85. The Morgan fingerprint density at radius 1 is 1.55 bits per heavy atom. The Bertz CT molecular complexity index is 186. The van der Waals surface area contributed by atoms with E-state index >= 15 is 0 Å². The normalized spacial score (nSPS) is 8.55. The molecular formula is C7H11NO3. The second-order valence-electron chi connectivity index (χ2n) is 2.04. The van der Waals surface area contributed by atoms with E-state index in [1.807, 2.05) is 5.48 Å². The Kier molecular flexibility index (Phi) is 3.95. The maximum Gasteiger partial charge on any atom is 0.331 e. The van der Waals surface area contributed by atoms with E-state index in [9.17, 15) is 9.59 Å². The highest BCUT2D eigenvalue weighted by molar-refractivity contribution is 5.92. The molecule has 4 nitrogen and oxygen atoms in total. The molecule has 0 aromatic carbocycles. The highest BCUT2D eigenvalue weighted by atomic mass is 16.7. The van der Waals surface area contributed by atoms with E-state index in [4.69, 9.17) is 0 Å². The smallest absolute Gasteiger partial charge is 0.331 e. The van der Waals surface area contributed by atoms with Crippen molar-refractivity contribution >= 4 is 11.9 Å². The lowest BCUT2D eigenvalue weighted by Gasteiger charge is -2.02. The Labute approximate surface area is 65.2 Å². The molecular weight excluding hydrogens is 146 g/mol. The third-order valence-electron chi connectivity index (χ3n) is 0.934. The van der Waals surface area contributed by atoms with E-state index in [1.54, 1.807) is 6.92 Å². The zero-order valence-electron chi connectivity index (χ0n) is 6.64. The van der Waals surface area contributed by atoms with Crippen molar-refractivity contribution in [1.82, 2.24) is 5.48 Å². The number of nitrogens with one attached hydrogen (secondary N) is 1. The number of carbonyl (C=O) groups excluding carboxylic acids is 2. The van der Waals surface area contributed by atoms with Crippen LogP contribution in [0, 0.1) is 0 Å². The maximum atomic E-state index is 10.7. The molecule has 0 aromatic rings. The van der Waals surface area contributed by atoms with Crippen LogP contribution in [0.5, 0.6) is 0 Å². The van der Waals surface area contributed by atoms with E-state index in [0.29, 0.717) is 5.57 Å². The summed E-state index contributed by atoms with van der Waals surface area (Å²) in [6, 6.07) is 0. The number of hydrogen-bond donors (Lipinski definition) is 1. The monoisotopic (exact) mass is 157 g/mol. The average molecular weight is 157 g/mol. The lowest BCUT2D eigenvalue weighted by Crippen LogP contribution is -2.26. The molecule has 0 saturated carbocycles. The van der Waals surface area contributed by atoms with Gasteiger partial charge in [-0.1, -0.05) is 13.5 Å². The van der Waals surface area contributed by atoms with Gasteiger partial charge in [-0.05, 0) is 6.92 Å². The number of hydrogen-bond acceptors (Lipinski definition) is 3. The van der Waals surface area contributed by atoms with Crippen molar-refractivity contribution < 1.29 is 14.4 Å². The summed E-state index contributed by atoms with van der Waals surface area (Å²) in [6.45, 7) is 6.51. The number of hydroxylamine groups is 1. The SMILES string of the molecule is C=C(C)C(=O)NOC(=O)CC. The molecule has 4 heteroatoms. The van der Waals surface area contributed by atoms with Gasteiger partial charge in [0, 0.05) is 12.0 Å². The van der Waals surface area contributed by atoms with E-state index in [2.05, 4.69) is 11.4 Å². The van der Waals surface area contributed by atoms with Gasteiger partial charge in [-0.15, -0.1) is 0 Å². The second kappa shape index (κ2) is 4.49. The van der Waals surface area contributed by atoms with Crippen LogP contribution in [0.15, 0.2) is 12.2 Å². The molecule has 0 fully saturated rings. The molecule has 11 heavy (non-hydrogen) atoms. The van der Waals surface area contributed by atoms with E-state index in [1.165, 1.54) is 6.92 Å². The van der Waals surface area contributed by atoms with Crippen LogP contribution in [0.25, 0.3) is 0 Å². The van der Waals surface area contributed by atoms with Gasteiger partial charge in [0.05, 0.1) is 0 Å². The Morgan fingerprint density at radius 2 is 2.09 bits per heavy atom. The predicted octanol–water partition coefficient (Wildman–Crippen LogP) is 0.547. The van der Waals surface area contributed by atoms with Crippen molar-refractivity contribution in [3.63, 3.8) is 0 Å². The molecule has 0 unspecified atom stereocenters. The average Bonchev–Trinajstić information content (AvgIpc) is 1.99. The van der Waals surface area contributed by atoms with Gasteiger partial charge in [-0.2, -0.15) is 5.48 Å². The molecule has 0 aliphatic carbocycles. The first-order valence-corrected chi connectivity index (χ1v) is 3.23. The van der Waals surface area contributed by atoms with Crippen molar-refractivity contribution in [2.24, 2.45) is 0 Å². The van der Waals surface area contributed by atoms with Crippen molar-refractivity contribution in [3.8, 4) is 0 Å². The molecule has 1 N–H and O–H groups in total. The van der Waals surface area contributed by atoms with Gasteiger partial charge in [0.1, 0.15) is 0 Å². The zero-order valence-corrected chi connectivity index (χ0v) is 6.64. The fourth-order valence-electron chi connectivity index (χ4n) is 0.263. The van der Waals surface area contributed by atoms with E-state index in [-0.39, 0.29) is 6.42 Å². The number of carbonyl (C=O) groups is 2. The summed E-state index contributed by atoms with van der Waals surface area (Å²) < 4.78 is 0. The van der Waals surface area contributed by atoms with Gasteiger partial charge in [-0.25, -0.2) is 4.79 Å². The maximum absolute atomic E-state index is 10.7. The Balaban J connectivity index is 3.63. The minimum Gasteiger partial charge on any atom is -0.341 e. The molecule has 0 rings (SSSR count). The van der Waals surface area contributed by atoms with Crippen LogP contribution < -0.4 is 5.48 Å². The standard InChI is InChI=1S/C7H11NO3/c1-4-6(9)11-8-7(10)5(2)3/h2,4H2,1,3H3,(H,8,10). The number of rotatable bonds is 2. The van der Waals surface area contributed by atoms with Crippen LogP contribution in [-0.2, 0) is 14.4 Å². The molecule has 0 aliphatic heterocycles. The first-order chi connectivity index (χ1) is 5.07. The molecule has 0 radical (unpaired) electrons. The van der Waals surface area contributed by atoms with Gasteiger partial charge >= 0.3 is 5.97 Å². The predicted molar refractivity (Wildman–Crippen MR) is 39.3 cm³/mol. The molecule has 62 valence electrons. The summed E-state index contributed by atoms with van der Waals surface area (Å²) in [7, 11) is 0. The molecule has 0 aromatic heterocycles. The van der Waals surface area contributed by atoms with Gasteiger partial charge in [-0.3, -0.25) is 4.79 Å². The summed E-state index contributed by atoms with van der Waals surface area (Å²) >= 11 is 0. The molecule has 0 spiro atoms. The topological polar surface area (TPSA) is 55.4 Å². The fraction of sp³-hybridized carbons (Fsp3) is 0.429. The molecule has 1 amide bonds. The van der Waals surface area contributed by atoms with Crippen molar-refractivity contribution in [2.45, 2.75) is 20.3 Å². The third-order valence-corrected chi connectivity index (χ3v) is 0.934. The Hall–Kier alpha value is -1.32. The lowest BCUT2D eigenvalue weighted by molar-refractivity contribution is -0.156. The molecule has 0 aliphatic rings. The fourth-order valence-corrected chi connectivity index (χ4v) is 0.263. The number of amides is 1. The van der Waals surface area contributed by atoms with Crippen LogP contribution in [-0.4, -0.2) is 11.9 Å². The van der Waals surface area contributed by atoms with Gasteiger partial charge in [0.25, 0.3) is 5.91 Å². The Morgan fingerprint density at radius 3 is 2.45 bits per heavy atom.